The van der Waals surface area contributed by atoms with E-state index < -0.39 is 63.2 Å². The summed E-state index contributed by atoms with van der Waals surface area (Å²) in [7, 11) is -6.66. The summed E-state index contributed by atoms with van der Waals surface area (Å²) >= 11 is 0. The SMILES string of the molecule is C=C(C(=O)OC(OCC(F)(F)S(=O)(=O)[O-])(C(=O)OC(C)(C)C)C(F)(F)F)C(F)(F)F. The summed E-state index contributed by atoms with van der Waals surface area (Å²) in [5, 5.41) is -5.61. The number of carbonyl (C=O) groups excluding carboxylic acids is 2. The van der Waals surface area contributed by atoms with Gasteiger partial charge in [0.05, 0.1) is 0 Å². The van der Waals surface area contributed by atoms with E-state index in [4.69, 9.17) is 0 Å². The Morgan fingerprint density at radius 1 is 0.933 bits per heavy atom. The van der Waals surface area contributed by atoms with Gasteiger partial charge in [0, 0.05) is 0 Å². The van der Waals surface area contributed by atoms with Gasteiger partial charge in [0.15, 0.2) is 10.1 Å². The number of alkyl halides is 8. The quantitative estimate of drug-likeness (QED) is 0.179. The van der Waals surface area contributed by atoms with E-state index >= 15 is 0 Å². The lowest BCUT2D eigenvalue weighted by molar-refractivity contribution is -0.362. The minimum atomic E-state index is -6.66. The van der Waals surface area contributed by atoms with Crippen molar-refractivity contribution >= 4 is 22.1 Å². The molecular formula is C13H13F8O8S-. The zero-order chi connectivity index (χ0) is 24.6. The smallest absolute Gasteiger partial charge is 0.468 e. The van der Waals surface area contributed by atoms with Crippen LogP contribution >= 0.6 is 0 Å². The molecule has 1 atom stereocenters. The summed E-state index contributed by atoms with van der Waals surface area (Å²) in [6.07, 6.45) is -12.1. The van der Waals surface area contributed by atoms with Crippen LogP contribution in [0.5, 0.6) is 0 Å². The number of carbonyl (C=O) groups is 2. The van der Waals surface area contributed by atoms with Crippen molar-refractivity contribution < 1.29 is 71.9 Å². The molecule has 0 aromatic heterocycles. The van der Waals surface area contributed by atoms with Crippen molar-refractivity contribution in [1.82, 2.24) is 0 Å². The standard InChI is InChI=1S/C13H14F8O8S/c1-6(12(16,17)18)7(22)28-11(13(19,20)21,8(23)29-9(2,3)4)27-5-10(14,15)30(24,25)26/h1,5H2,2-4H3,(H,24,25,26)/p-1. The highest BCUT2D eigenvalue weighted by Gasteiger charge is 2.69. The Balaban J connectivity index is 6.46. The van der Waals surface area contributed by atoms with Gasteiger partial charge in [0.25, 0.3) is 0 Å². The largest absolute Gasteiger partial charge is 0.743 e. The predicted molar refractivity (Wildman–Crippen MR) is 76.5 cm³/mol. The lowest BCUT2D eigenvalue weighted by Gasteiger charge is -2.35. The van der Waals surface area contributed by atoms with Crippen LogP contribution in [0.3, 0.4) is 0 Å². The van der Waals surface area contributed by atoms with E-state index in [0.717, 1.165) is 20.8 Å². The van der Waals surface area contributed by atoms with Crippen molar-refractivity contribution in [2.75, 3.05) is 6.61 Å². The van der Waals surface area contributed by atoms with E-state index in [9.17, 15) is 57.7 Å². The fourth-order valence-electron chi connectivity index (χ4n) is 1.30. The van der Waals surface area contributed by atoms with Gasteiger partial charge < -0.3 is 18.8 Å². The van der Waals surface area contributed by atoms with E-state index in [-0.39, 0.29) is 0 Å². The van der Waals surface area contributed by atoms with Crippen LogP contribution in [0.1, 0.15) is 20.8 Å². The van der Waals surface area contributed by atoms with Gasteiger partial charge in [-0.25, -0.2) is 18.0 Å². The summed E-state index contributed by atoms with van der Waals surface area (Å²) in [6, 6.07) is 0. The number of hydrogen-bond donors (Lipinski definition) is 0. The number of rotatable bonds is 7. The molecule has 0 aliphatic heterocycles. The van der Waals surface area contributed by atoms with E-state index in [1.54, 1.807) is 0 Å². The number of ether oxygens (including phenoxy) is 3. The molecule has 0 bridgehead atoms. The minimum Gasteiger partial charge on any atom is -0.743 e. The molecule has 0 fully saturated rings. The summed E-state index contributed by atoms with van der Waals surface area (Å²) in [4.78, 5) is 23.4. The monoisotopic (exact) mass is 481 g/mol. The van der Waals surface area contributed by atoms with E-state index in [0.29, 0.717) is 0 Å². The summed E-state index contributed by atoms with van der Waals surface area (Å²) in [5.74, 6) is -11.1. The maximum absolute atomic E-state index is 13.5. The molecule has 0 heterocycles. The van der Waals surface area contributed by atoms with Crippen molar-refractivity contribution in [3.8, 4) is 0 Å². The molecule has 0 saturated carbocycles. The normalized spacial score (nSPS) is 15.9. The molecule has 0 spiro atoms. The first-order chi connectivity index (χ1) is 12.9. The van der Waals surface area contributed by atoms with Crippen molar-refractivity contribution in [2.24, 2.45) is 0 Å². The van der Waals surface area contributed by atoms with Gasteiger partial charge in [-0.15, -0.1) is 0 Å². The molecule has 176 valence electrons. The summed E-state index contributed by atoms with van der Waals surface area (Å²) < 4.78 is 147. The molecule has 0 radical (unpaired) electrons. The van der Waals surface area contributed by atoms with Gasteiger partial charge in [0.1, 0.15) is 17.8 Å². The topological polar surface area (TPSA) is 119 Å². The highest BCUT2D eigenvalue weighted by molar-refractivity contribution is 7.86. The Bertz CT molecular complexity index is 793. The van der Waals surface area contributed by atoms with E-state index in [2.05, 4.69) is 20.8 Å². The third kappa shape index (κ3) is 6.76. The molecule has 0 amide bonds. The number of esters is 2. The average Bonchev–Trinajstić information content (AvgIpc) is 2.45. The fraction of sp³-hybridized carbons (Fsp3) is 0.692. The van der Waals surface area contributed by atoms with Gasteiger partial charge in [-0.3, -0.25) is 0 Å². The van der Waals surface area contributed by atoms with Gasteiger partial charge in [-0.05, 0) is 20.8 Å². The molecular weight excluding hydrogens is 468 g/mol. The Kier molecular flexibility index (Phi) is 7.70. The maximum Gasteiger partial charge on any atom is 0.468 e. The van der Waals surface area contributed by atoms with Gasteiger partial charge in [-0.1, -0.05) is 6.58 Å². The van der Waals surface area contributed by atoms with E-state index in [1.807, 2.05) is 0 Å². The molecule has 0 rings (SSSR count). The Labute approximate surface area is 163 Å². The van der Waals surface area contributed by atoms with Crippen molar-refractivity contribution in [2.45, 2.75) is 49.8 Å². The van der Waals surface area contributed by atoms with Crippen molar-refractivity contribution in [1.29, 1.82) is 0 Å². The zero-order valence-electron chi connectivity index (χ0n) is 15.1. The van der Waals surface area contributed by atoms with Crippen LogP contribution < -0.4 is 0 Å². The second-order valence-corrected chi connectivity index (χ2v) is 7.87. The lowest BCUT2D eigenvalue weighted by Crippen LogP contribution is -2.61. The van der Waals surface area contributed by atoms with Crippen LogP contribution in [0.25, 0.3) is 0 Å². The average molecular weight is 481 g/mol. The maximum atomic E-state index is 13.5. The predicted octanol–water partition coefficient (Wildman–Crippen LogP) is 2.40. The molecule has 0 saturated heterocycles. The Morgan fingerprint density at radius 3 is 1.67 bits per heavy atom. The molecule has 1 unspecified atom stereocenters. The molecule has 0 aliphatic carbocycles. The van der Waals surface area contributed by atoms with Crippen LogP contribution in [-0.4, -0.2) is 60.5 Å². The van der Waals surface area contributed by atoms with Crippen LogP contribution in [0, 0.1) is 0 Å². The molecule has 0 aromatic rings. The van der Waals surface area contributed by atoms with Gasteiger partial charge >= 0.3 is 35.3 Å². The van der Waals surface area contributed by atoms with Gasteiger partial charge in [0.2, 0.25) is 0 Å². The Hall–Kier alpha value is -2.01. The first-order valence-corrected chi connectivity index (χ1v) is 8.55. The zero-order valence-corrected chi connectivity index (χ0v) is 15.9. The highest BCUT2D eigenvalue weighted by atomic mass is 32.2. The first kappa shape index (κ1) is 28.0. The van der Waals surface area contributed by atoms with Crippen LogP contribution in [-0.2, 0) is 33.9 Å². The minimum absolute atomic E-state index is 0.930. The van der Waals surface area contributed by atoms with Gasteiger partial charge in [-0.2, -0.15) is 35.1 Å². The fourth-order valence-corrected chi connectivity index (χ4v) is 1.50. The first-order valence-electron chi connectivity index (χ1n) is 7.14. The second kappa shape index (κ2) is 8.26. The van der Waals surface area contributed by atoms with Crippen molar-refractivity contribution in [3.05, 3.63) is 12.2 Å². The van der Waals surface area contributed by atoms with Crippen LogP contribution in [0.2, 0.25) is 0 Å². The number of hydrogen-bond acceptors (Lipinski definition) is 8. The lowest BCUT2D eigenvalue weighted by atomic mass is 10.1. The number of halogens is 8. The third-order valence-electron chi connectivity index (χ3n) is 2.68. The summed E-state index contributed by atoms with van der Waals surface area (Å²) in [6.45, 7) is 1.86. The highest BCUT2D eigenvalue weighted by Crippen LogP contribution is 2.40. The molecule has 0 aliphatic rings. The third-order valence-corrected chi connectivity index (χ3v) is 3.52. The van der Waals surface area contributed by atoms with Crippen molar-refractivity contribution in [3.63, 3.8) is 0 Å². The van der Waals surface area contributed by atoms with E-state index in [1.165, 1.54) is 0 Å². The Morgan fingerprint density at radius 2 is 1.37 bits per heavy atom. The molecule has 0 aromatic carbocycles. The molecule has 17 heteroatoms. The molecule has 8 nitrogen and oxygen atoms in total. The second-order valence-electron chi connectivity index (χ2n) is 6.36. The van der Waals surface area contributed by atoms with Crippen LogP contribution in [0.4, 0.5) is 35.1 Å². The van der Waals surface area contributed by atoms with Crippen LogP contribution in [0.15, 0.2) is 12.2 Å². The molecule has 0 N–H and O–H groups in total. The molecule has 30 heavy (non-hydrogen) atoms. The summed E-state index contributed by atoms with van der Waals surface area (Å²) in [5.41, 5.74) is -4.47.